The van der Waals surface area contributed by atoms with E-state index in [0.717, 1.165) is 10.3 Å². The van der Waals surface area contributed by atoms with E-state index in [2.05, 4.69) is 15.0 Å². The van der Waals surface area contributed by atoms with Crippen LogP contribution in [-0.2, 0) is 14.8 Å². The van der Waals surface area contributed by atoms with E-state index in [4.69, 9.17) is 4.74 Å². The summed E-state index contributed by atoms with van der Waals surface area (Å²) in [7, 11) is -3.73. The molecule has 2 N–H and O–H groups in total. The Morgan fingerprint density at radius 1 is 1.03 bits per heavy atom. The number of hydrogen-bond acceptors (Lipinski definition) is 6. The summed E-state index contributed by atoms with van der Waals surface area (Å²) < 4.78 is 33.8. The van der Waals surface area contributed by atoms with E-state index in [1.807, 2.05) is 25.1 Å². The van der Waals surface area contributed by atoms with Crippen molar-refractivity contribution >= 4 is 48.3 Å². The fourth-order valence-corrected chi connectivity index (χ4v) is 4.94. The number of rotatable bonds is 7. The minimum Gasteiger partial charge on any atom is -0.484 e. The molecule has 1 amide bonds. The van der Waals surface area contributed by atoms with Crippen LogP contribution in [0, 0.1) is 6.92 Å². The zero-order valence-electron chi connectivity index (χ0n) is 16.5. The lowest BCUT2D eigenvalue weighted by Crippen LogP contribution is -2.20. The highest BCUT2D eigenvalue weighted by Gasteiger charge is 2.16. The standard InChI is InChI=1S/C22H19N3O4S2/c1-15-7-10-18(11-8-15)31(27,28)25-22-24-19-12-9-16(13-20(19)30-22)23-21(26)14-29-17-5-3-2-4-6-17/h2-13H,14H2,1H3,(H,23,26)(H,24,25). The summed E-state index contributed by atoms with van der Waals surface area (Å²) in [5, 5.41) is 3.03. The number of benzene rings is 3. The van der Waals surface area contributed by atoms with Crippen LogP contribution in [-0.4, -0.2) is 25.9 Å². The molecule has 158 valence electrons. The third kappa shape index (κ3) is 5.19. The van der Waals surface area contributed by atoms with Gasteiger partial charge in [0.15, 0.2) is 11.7 Å². The molecular formula is C22H19N3O4S2. The topological polar surface area (TPSA) is 97.4 Å². The normalized spacial score (nSPS) is 11.3. The van der Waals surface area contributed by atoms with Gasteiger partial charge in [-0.05, 0) is 49.4 Å². The Labute approximate surface area is 183 Å². The maximum atomic E-state index is 12.6. The van der Waals surface area contributed by atoms with Gasteiger partial charge in [0, 0.05) is 5.69 Å². The Morgan fingerprint density at radius 3 is 2.52 bits per heavy atom. The summed E-state index contributed by atoms with van der Waals surface area (Å²) in [5.74, 6) is 0.314. The predicted octanol–water partition coefficient (Wildman–Crippen LogP) is 4.42. The van der Waals surface area contributed by atoms with Gasteiger partial charge >= 0.3 is 0 Å². The largest absolute Gasteiger partial charge is 0.484 e. The monoisotopic (exact) mass is 453 g/mol. The number of nitrogens with one attached hydrogen (secondary N) is 2. The maximum absolute atomic E-state index is 12.6. The number of hydrogen-bond donors (Lipinski definition) is 2. The average Bonchev–Trinajstić information content (AvgIpc) is 3.14. The zero-order chi connectivity index (χ0) is 21.8. The lowest BCUT2D eigenvalue weighted by atomic mass is 10.2. The van der Waals surface area contributed by atoms with Crippen molar-refractivity contribution in [2.24, 2.45) is 0 Å². The molecule has 31 heavy (non-hydrogen) atoms. The molecule has 0 saturated heterocycles. The van der Waals surface area contributed by atoms with Crippen LogP contribution >= 0.6 is 11.3 Å². The summed E-state index contributed by atoms with van der Waals surface area (Å²) in [6, 6.07) is 20.8. The Kier molecular flexibility index (Phi) is 5.88. The van der Waals surface area contributed by atoms with Crippen molar-refractivity contribution in [1.82, 2.24) is 4.98 Å². The smallest absolute Gasteiger partial charge is 0.263 e. The first-order valence-electron chi connectivity index (χ1n) is 9.37. The summed E-state index contributed by atoms with van der Waals surface area (Å²) in [5.41, 5.74) is 2.18. The van der Waals surface area contributed by atoms with Gasteiger partial charge in [-0.15, -0.1) is 0 Å². The third-order valence-electron chi connectivity index (χ3n) is 4.34. The van der Waals surface area contributed by atoms with Crippen molar-refractivity contribution in [3.05, 3.63) is 78.4 Å². The summed E-state index contributed by atoms with van der Waals surface area (Å²) >= 11 is 1.19. The van der Waals surface area contributed by atoms with E-state index in [-0.39, 0.29) is 22.5 Å². The van der Waals surface area contributed by atoms with Gasteiger partial charge in [-0.2, -0.15) is 0 Å². The average molecular weight is 454 g/mol. The Balaban J connectivity index is 1.44. The molecule has 0 aliphatic rings. The van der Waals surface area contributed by atoms with Crippen LogP contribution in [0.2, 0.25) is 0 Å². The summed E-state index contributed by atoms with van der Waals surface area (Å²) in [6.07, 6.45) is 0. The number of aryl methyl sites for hydroxylation is 1. The molecule has 0 fully saturated rings. The van der Waals surface area contributed by atoms with E-state index < -0.39 is 10.0 Å². The Hall–Kier alpha value is -3.43. The lowest BCUT2D eigenvalue weighted by molar-refractivity contribution is -0.118. The number of aromatic nitrogens is 1. The number of para-hydroxylation sites is 1. The van der Waals surface area contributed by atoms with Gasteiger partial charge in [-0.25, -0.2) is 13.4 Å². The maximum Gasteiger partial charge on any atom is 0.263 e. The van der Waals surface area contributed by atoms with Crippen LogP contribution in [0.1, 0.15) is 5.56 Å². The molecular weight excluding hydrogens is 434 g/mol. The molecule has 4 aromatic rings. The van der Waals surface area contributed by atoms with E-state index in [9.17, 15) is 13.2 Å². The second kappa shape index (κ2) is 8.75. The Morgan fingerprint density at radius 2 is 1.77 bits per heavy atom. The van der Waals surface area contributed by atoms with E-state index in [1.165, 1.54) is 11.3 Å². The number of sulfonamides is 1. The molecule has 0 aliphatic carbocycles. The number of anilines is 2. The molecule has 1 heterocycles. The van der Waals surface area contributed by atoms with Gasteiger partial charge in [0.1, 0.15) is 5.75 Å². The second-order valence-corrected chi connectivity index (χ2v) is 9.48. The molecule has 4 rings (SSSR count). The first-order chi connectivity index (χ1) is 14.9. The van der Waals surface area contributed by atoms with E-state index in [1.54, 1.807) is 54.6 Å². The summed E-state index contributed by atoms with van der Waals surface area (Å²) in [4.78, 5) is 16.7. The van der Waals surface area contributed by atoms with Gasteiger partial charge in [-0.1, -0.05) is 47.2 Å². The molecule has 0 unspecified atom stereocenters. The van der Waals surface area contributed by atoms with E-state index >= 15 is 0 Å². The fraction of sp³-hybridized carbons (Fsp3) is 0.0909. The number of ether oxygens (including phenoxy) is 1. The van der Waals surface area contributed by atoms with Crippen LogP contribution in [0.3, 0.4) is 0 Å². The van der Waals surface area contributed by atoms with Crippen LogP contribution < -0.4 is 14.8 Å². The van der Waals surface area contributed by atoms with Gasteiger partial charge in [0.2, 0.25) is 0 Å². The molecule has 7 nitrogen and oxygen atoms in total. The molecule has 0 aliphatic heterocycles. The summed E-state index contributed by atoms with van der Waals surface area (Å²) in [6.45, 7) is 1.77. The van der Waals surface area contributed by atoms with Crippen molar-refractivity contribution in [2.45, 2.75) is 11.8 Å². The number of nitrogens with zero attached hydrogens (tertiary/aromatic N) is 1. The second-order valence-electron chi connectivity index (χ2n) is 6.77. The number of thiazole rings is 1. The van der Waals surface area contributed by atoms with Crippen molar-refractivity contribution in [3.8, 4) is 5.75 Å². The van der Waals surface area contributed by atoms with Gasteiger partial charge in [0.05, 0.1) is 15.1 Å². The van der Waals surface area contributed by atoms with Gasteiger partial charge < -0.3 is 10.1 Å². The highest BCUT2D eigenvalue weighted by Crippen LogP contribution is 2.30. The van der Waals surface area contributed by atoms with Gasteiger partial charge in [-0.3, -0.25) is 9.52 Å². The highest BCUT2D eigenvalue weighted by atomic mass is 32.2. The van der Waals surface area contributed by atoms with Crippen LogP contribution in [0.4, 0.5) is 10.8 Å². The van der Waals surface area contributed by atoms with Crippen LogP contribution in [0.25, 0.3) is 10.2 Å². The quantitative estimate of drug-likeness (QED) is 0.432. The highest BCUT2D eigenvalue weighted by molar-refractivity contribution is 7.93. The van der Waals surface area contributed by atoms with Crippen LogP contribution in [0.5, 0.6) is 5.75 Å². The zero-order valence-corrected chi connectivity index (χ0v) is 18.2. The van der Waals surface area contributed by atoms with Crippen LogP contribution in [0.15, 0.2) is 77.7 Å². The molecule has 0 radical (unpaired) electrons. The number of fused-ring (bicyclic) bond motifs is 1. The molecule has 9 heteroatoms. The molecule has 1 aromatic heterocycles. The number of carbonyl (C=O) groups is 1. The predicted molar refractivity (Wildman–Crippen MR) is 122 cm³/mol. The molecule has 0 spiro atoms. The van der Waals surface area contributed by atoms with Crippen molar-refractivity contribution < 1.29 is 17.9 Å². The first-order valence-corrected chi connectivity index (χ1v) is 11.7. The minimum absolute atomic E-state index is 0.119. The minimum atomic E-state index is -3.73. The Bertz CT molecular complexity index is 1320. The van der Waals surface area contributed by atoms with Crippen molar-refractivity contribution in [1.29, 1.82) is 0 Å². The molecule has 0 saturated carbocycles. The number of amides is 1. The van der Waals surface area contributed by atoms with Crippen molar-refractivity contribution in [2.75, 3.05) is 16.6 Å². The first kappa shape index (κ1) is 20.8. The lowest BCUT2D eigenvalue weighted by Gasteiger charge is -2.07. The van der Waals surface area contributed by atoms with Gasteiger partial charge in [0.25, 0.3) is 15.9 Å². The number of carbonyl (C=O) groups excluding carboxylic acids is 1. The molecule has 0 atom stereocenters. The molecule has 0 bridgehead atoms. The third-order valence-corrected chi connectivity index (χ3v) is 6.76. The van der Waals surface area contributed by atoms with E-state index in [0.29, 0.717) is 17.0 Å². The van der Waals surface area contributed by atoms with Crippen molar-refractivity contribution in [3.63, 3.8) is 0 Å². The molecule has 3 aromatic carbocycles. The fourth-order valence-electron chi connectivity index (χ4n) is 2.80. The SMILES string of the molecule is Cc1ccc(S(=O)(=O)Nc2nc3ccc(NC(=O)COc4ccccc4)cc3s2)cc1.